The molecule has 1 aromatic heterocycles. The summed E-state index contributed by atoms with van der Waals surface area (Å²) >= 11 is 0. The van der Waals surface area contributed by atoms with Gasteiger partial charge in [0.15, 0.2) is 0 Å². The Labute approximate surface area is 142 Å². The smallest absolute Gasteiger partial charge is 0.317 e. The summed E-state index contributed by atoms with van der Waals surface area (Å²) in [6.07, 6.45) is 8.38. The van der Waals surface area contributed by atoms with Crippen LogP contribution in [0.4, 0.5) is 4.79 Å². The Kier molecular flexibility index (Phi) is 3.90. The van der Waals surface area contributed by atoms with Gasteiger partial charge in [-0.05, 0) is 43.7 Å². The van der Waals surface area contributed by atoms with E-state index >= 15 is 0 Å². The number of hydrogen-bond acceptors (Lipinski definition) is 3. The van der Waals surface area contributed by atoms with Gasteiger partial charge in [0.25, 0.3) is 0 Å². The molecule has 3 heterocycles. The van der Waals surface area contributed by atoms with Crippen molar-refractivity contribution >= 4 is 11.9 Å². The summed E-state index contributed by atoms with van der Waals surface area (Å²) in [5.41, 5.74) is 0.684. The number of carbonyl (C=O) groups excluding carboxylic acids is 2. The summed E-state index contributed by atoms with van der Waals surface area (Å²) < 4.78 is 0. The highest BCUT2D eigenvalue weighted by atomic mass is 16.2. The lowest BCUT2D eigenvalue weighted by molar-refractivity contribution is -0.138. The third-order valence-corrected chi connectivity index (χ3v) is 5.47. The van der Waals surface area contributed by atoms with E-state index < -0.39 is 0 Å². The Hall–Kier alpha value is -2.11. The van der Waals surface area contributed by atoms with E-state index in [1.54, 1.807) is 6.20 Å². The van der Waals surface area contributed by atoms with Gasteiger partial charge >= 0.3 is 6.03 Å². The van der Waals surface area contributed by atoms with Crippen molar-refractivity contribution in [2.75, 3.05) is 19.6 Å². The molecule has 2 aliphatic heterocycles. The first kappa shape index (κ1) is 15.4. The molecule has 1 N–H and O–H groups in total. The zero-order chi connectivity index (χ0) is 16.6. The first-order valence-electron chi connectivity index (χ1n) is 8.90. The van der Waals surface area contributed by atoms with Crippen molar-refractivity contribution in [2.45, 2.75) is 44.7 Å². The fourth-order valence-corrected chi connectivity index (χ4v) is 3.93. The lowest BCUT2D eigenvalue weighted by Gasteiger charge is -2.39. The molecule has 1 spiro atoms. The van der Waals surface area contributed by atoms with E-state index in [1.807, 2.05) is 28.1 Å². The molecule has 1 saturated carbocycles. The molecule has 1 aliphatic carbocycles. The van der Waals surface area contributed by atoms with Crippen LogP contribution in [0.5, 0.6) is 0 Å². The molecule has 3 fully saturated rings. The van der Waals surface area contributed by atoms with E-state index in [0.717, 1.165) is 50.8 Å². The summed E-state index contributed by atoms with van der Waals surface area (Å²) in [5, 5.41) is 3.05. The number of urea groups is 1. The summed E-state index contributed by atoms with van der Waals surface area (Å²) in [6, 6.07) is 4.27. The molecule has 0 unspecified atom stereocenters. The van der Waals surface area contributed by atoms with Gasteiger partial charge in [-0.15, -0.1) is 0 Å². The molecule has 3 aliphatic rings. The van der Waals surface area contributed by atoms with Crippen LogP contribution in [0.2, 0.25) is 0 Å². The molecule has 0 bridgehead atoms. The van der Waals surface area contributed by atoms with Crippen molar-refractivity contribution < 1.29 is 9.59 Å². The van der Waals surface area contributed by atoms with Gasteiger partial charge in [0.2, 0.25) is 5.91 Å². The minimum absolute atomic E-state index is 0.00934. The average molecular weight is 328 g/mol. The number of hydrogen-bond donors (Lipinski definition) is 1. The number of carbonyl (C=O) groups is 2. The molecule has 128 valence electrons. The van der Waals surface area contributed by atoms with Crippen molar-refractivity contribution in [2.24, 2.45) is 5.41 Å². The Bertz CT molecular complexity index is 631. The lowest BCUT2D eigenvalue weighted by Crippen LogP contribution is -2.52. The van der Waals surface area contributed by atoms with Crippen molar-refractivity contribution in [3.05, 3.63) is 30.1 Å². The van der Waals surface area contributed by atoms with E-state index in [0.29, 0.717) is 19.1 Å². The van der Waals surface area contributed by atoms with Crippen LogP contribution in [-0.4, -0.2) is 52.4 Å². The van der Waals surface area contributed by atoms with Gasteiger partial charge in [-0.3, -0.25) is 9.78 Å². The molecule has 3 amide bonds. The number of amides is 3. The molecular weight excluding hydrogens is 304 g/mol. The number of nitrogens with one attached hydrogen (secondary N) is 1. The zero-order valence-corrected chi connectivity index (χ0v) is 13.9. The second-order valence-electron chi connectivity index (χ2n) is 7.37. The molecule has 2 saturated heterocycles. The van der Waals surface area contributed by atoms with Gasteiger partial charge in [0, 0.05) is 44.6 Å². The van der Waals surface area contributed by atoms with Gasteiger partial charge < -0.3 is 15.1 Å². The minimum atomic E-state index is -0.374. The number of nitrogens with zero attached hydrogens (tertiary/aromatic N) is 3. The van der Waals surface area contributed by atoms with E-state index in [4.69, 9.17) is 0 Å². The predicted molar refractivity (Wildman–Crippen MR) is 89.1 cm³/mol. The summed E-state index contributed by atoms with van der Waals surface area (Å²) in [7, 11) is 0. The van der Waals surface area contributed by atoms with E-state index in [1.165, 1.54) is 0 Å². The van der Waals surface area contributed by atoms with Crippen LogP contribution in [0, 0.1) is 5.41 Å². The molecule has 0 radical (unpaired) electrons. The van der Waals surface area contributed by atoms with Crippen molar-refractivity contribution in [3.63, 3.8) is 0 Å². The highest BCUT2D eigenvalue weighted by molar-refractivity contribution is 5.86. The summed E-state index contributed by atoms with van der Waals surface area (Å²) in [5.74, 6) is 0.204. The largest absolute Gasteiger partial charge is 0.338 e. The maximum absolute atomic E-state index is 13.0. The Morgan fingerprint density at radius 3 is 2.96 bits per heavy atom. The topological polar surface area (TPSA) is 65.5 Å². The molecule has 0 aromatic carbocycles. The number of pyridine rings is 1. The maximum Gasteiger partial charge on any atom is 0.317 e. The van der Waals surface area contributed by atoms with Crippen molar-refractivity contribution in [1.29, 1.82) is 0 Å². The molecule has 6 nitrogen and oxygen atoms in total. The van der Waals surface area contributed by atoms with Crippen LogP contribution in [-0.2, 0) is 11.3 Å². The molecule has 4 rings (SSSR count). The Balaban J connectivity index is 1.42. The van der Waals surface area contributed by atoms with Gasteiger partial charge in [-0.25, -0.2) is 4.79 Å². The monoisotopic (exact) mass is 328 g/mol. The average Bonchev–Trinajstić information content (AvgIpc) is 3.38. The molecule has 1 atom stereocenters. The quantitative estimate of drug-likeness (QED) is 0.919. The summed E-state index contributed by atoms with van der Waals surface area (Å²) in [6.45, 7) is 2.71. The molecular formula is C18H24N4O2. The molecule has 24 heavy (non-hydrogen) atoms. The van der Waals surface area contributed by atoms with Crippen LogP contribution in [0.1, 0.15) is 37.7 Å². The van der Waals surface area contributed by atoms with Gasteiger partial charge in [-0.1, -0.05) is 6.07 Å². The van der Waals surface area contributed by atoms with Crippen molar-refractivity contribution in [1.82, 2.24) is 20.1 Å². The van der Waals surface area contributed by atoms with Crippen molar-refractivity contribution in [3.8, 4) is 0 Å². The van der Waals surface area contributed by atoms with E-state index in [9.17, 15) is 9.59 Å². The van der Waals surface area contributed by atoms with E-state index in [-0.39, 0.29) is 17.4 Å². The first-order valence-corrected chi connectivity index (χ1v) is 8.90. The normalized spacial score (nSPS) is 26.9. The first-order chi connectivity index (χ1) is 11.7. The van der Waals surface area contributed by atoms with Gasteiger partial charge in [0.1, 0.15) is 0 Å². The highest BCUT2D eigenvalue weighted by Gasteiger charge is 2.49. The molecule has 1 aromatic rings. The number of aromatic nitrogens is 1. The van der Waals surface area contributed by atoms with Crippen LogP contribution in [0.25, 0.3) is 0 Å². The van der Waals surface area contributed by atoms with Gasteiger partial charge in [-0.2, -0.15) is 0 Å². The standard InChI is InChI=1S/C18H24N4O2/c23-16-18(7-10-21(16)12-14-3-1-8-19-11-14)6-2-9-22(13-18)17(24)20-15-4-5-15/h1,3,8,11,15H,2,4-7,9-10,12-13H2,(H,20,24)/t18-/m1/s1. The van der Waals surface area contributed by atoms with Crippen LogP contribution < -0.4 is 5.32 Å². The van der Waals surface area contributed by atoms with E-state index in [2.05, 4.69) is 10.3 Å². The predicted octanol–water partition coefficient (Wildman–Crippen LogP) is 1.77. The van der Waals surface area contributed by atoms with Gasteiger partial charge in [0.05, 0.1) is 5.41 Å². The Morgan fingerprint density at radius 1 is 1.33 bits per heavy atom. The minimum Gasteiger partial charge on any atom is -0.338 e. The maximum atomic E-state index is 13.0. The van der Waals surface area contributed by atoms with Crippen LogP contribution in [0.15, 0.2) is 24.5 Å². The highest BCUT2D eigenvalue weighted by Crippen LogP contribution is 2.40. The SMILES string of the molecule is O=C(NC1CC1)N1CCC[C@@]2(CCN(Cc3cccnc3)C2=O)C1. The lowest BCUT2D eigenvalue weighted by atomic mass is 9.78. The molecule has 6 heteroatoms. The fourth-order valence-electron chi connectivity index (χ4n) is 3.93. The third-order valence-electron chi connectivity index (χ3n) is 5.47. The second kappa shape index (κ2) is 6.07. The zero-order valence-electron chi connectivity index (χ0n) is 13.9. The van der Waals surface area contributed by atoms with Crippen LogP contribution >= 0.6 is 0 Å². The fraction of sp³-hybridized carbons (Fsp3) is 0.611. The number of likely N-dealkylation sites (tertiary alicyclic amines) is 2. The number of rotatable bonds is 3. The number of piperidine rings is 1. The summed E-state index contributed by atoms with van der Waals surface area (Å²) in [4.78, 5) is 33.3. The second-order valence-corrected chi connectivity index (χ2v) is 7.37. The Morgan fingerprint density at radius 2 is 2.21 bits per heavy atom. The van der Waals surface area contributed by atoms with Crippen LogP contribution in [0.3, 0.4) is 0 Å². The third kappa shape index (κ3) is 2.97.